The maximum atomic E-state index is 6.00. The van der Waals surface area contributed by atoms with Gasteiger partial charge in [-0.3, -0.25) is 4.98 Å². The largest absolute Gasteiger partial charge is 0.490 e. The van der Waals surface area contributed by atoms with E-state index in [9.17, 15) is 0 Å². The van der Waals surface area contributed by atoms with Crippen molar-refractivity contribution in [1.29, 1.82) is 0 Å². The molecule has 2 aromatic rings. The Morgan fingerprint density at radius 1 is 1.33 bits per heavy atom. The molecule has 1 heterocycles. The second-order valence-electron chi connectivity index (χ2n) is 4.78. The third-order valence-electron chi connectivity index (χ3n) is 3.48. The van der Waals surface area contributed by atoms with E-state index in [1.807, 2.05) is 24.3 Å². The van der Waals surface area contributed by atoms with Gasteiger partial charge in [0.05, 0.1) is 11.6 Å². The Morgan fingerprint density at radius 3 is 2.94 bits per heavy atom. The highest BCUT2D eigenvalue weighted by Crippen LogP contribution is 2.33. The molecular weight excluding hydrogens is 248 g/mol. The van der Waals surface area contributed by atoms with Gasteiger partial charge in [0, 0.05) is 16.6 Å². The molecule has 0 atom stereocenters. The van der Waals surface area contributed by atoms with E-state index in [4.69, 9.17) is 22.1 Å². The van der Waals surface area contributed by atoms with Gasteiger partial charge in [-0.25, -0.2) is 0 Å². The average Bonchev–Trinajstić information content (AvgIpc) is 2.32. The lowest BCUT2D eigenvalue weighted by atomic mass is 9.82. The summed E-state index contributed by atoms with van der Waals surface area (Å²) in [5.74, 6) is 1.51. The van der Waals surface area contributed by atoms with E-state index in [-0.39, 0.29) is 0 Å². The highest BCUT2D eigenvalue weighted by Gasteiger charge is 2.29. The van der Waals surface area contributed by atoms with Gasteiger partial charge in [0.15, 0.2) is 0 Å². The Balaban J connectivity index is 1.84. The number of aromatic nitrogens is 1. The van der Waals surface area contributed by atoms with Crippen molar-refractivity contribution in [2.24, 2.45) is 11.7 Å². The van der Waals surface area contributed by atoms with Crippen LogP contribution in [-0.4, -0.2) is 17.6 Å². The molecule has 1 aromatic carbocycles. The van der Waals surface area contributed by atoms with Gasteiger partial charge in [-0.05, 0) is 49.6 Å². The summed E-state index contributed by atoms with van der Waals surface area (Å²) >= 11 is 5.96. The number of rotatable bonds is 3. The zero-order valence-corrected chi connectivity index (χ0v) is 10.7. The molecule has 2 N–H and O–H groups in total. The predicted octanol–water partition coefficient (Wildman–Crippen LogP) is 3.00. The fourth-order valence-corrected chi connectivity index (χ4v) is 2.51. The standard InChI is InChI=1S/C14H15ClN2O/c15-10-1-2-12-13(7-10)17-4-3-14(12)18-11-5-9(6-11)8-16/h1-4,7,9,11H,5-6,8,16H2. The minimum atomic E-state index is 0.292. The first-order valence-electron chi connectivity index (χ1n) is 6.17. The van der Waals surface area contributed by atoms with Crippen molar-refractivity contribution in [2.75, 3.05) is 6.54 Å². The number of nitrogens with two attached hydrogens (primary N) is 1. The van der Waals surface area contributed by atoms with Gasteiger partial charge in [-0.2, -0.15) is 0 Å². The smallest absolute Gasteiger partial charge is 0.130 e. The molecule has 0 amide bonds. The maximum absolute atomic E-state index is 6.00. The van der Waals surface area contributed by atoms with Crippen LogP contribution in [0.3, 0.4) is 0 Å². The summed E-state index contributed by atoms with van der Waals surface area (Å²) in [5.41, 5.74) is 6.49. The van der Waals surface area contributed by atoms with Crippen LogP contribution >= 0.6 is 11.6 Å². The molecule has 1 saturated carbocycles. The lowest BCUT2D eigenvalue weighted by Gasteiger charge is -2.34. The highest BCUT2D eigenvalue weighted by molar-refractivity contribution is 6.31. The number of pyridine rings is 1. The van der Waals surface area contributed by atoms with E-state index < -0.39 is 0 Å². The summed E-state index contributed by atoms with van der Waals surface area (Å²) in [4.78, 5) is 4.30. The zero-order valence-electron chi connectivity index (χ0n) is 9.97. The highest BCUT2D eigenvalue weighted by atomic mass is 35.5. The SMILES string of the molecule is NCC1CC(Oc2ccnc3cc(Cl)ccc23)C1. The average molecular weight is 263 g/mol. The van der Waals surface area contributed by atoms with Crippen LogP contribution in [0.15, 0.2) is 30.5 Å². The summed E-state index contributed by atoms with van der Waals surface area (Å²) in [5, 5.41) is 1.71. The number of fused-ring (bicyclic) bond motifs is 1. The summed E-state index contributed by atoms with van der Waals surface area (Å²) in [6.07, 6.45) is 4.15. The molecule has 1 aliphatic rings. The number of benzene rings is 1. The predicted molar refractivity (Wildman–Crippen MR) is 72.9 cm³/mol. The number of hydrogen-bond acceptors (Lipinski definition) is 3. The van der Waals surface area contributed by atoms with E-state index in [2.05, 4.69) is 4.98 Å². The first-order valence-corrected chi connectivity index (χ1v) is 6.55. The first kappa shape index (κ1) is 11.8. The third kappa shape index (κ3) is 2.16. The monoisotopic (exact) mass is 262 g/mol. The lowest BCUT2D eigenvalue weighted by Crippen LogP contribution is -2.37. The van der Waals surface area contributed by atoms with Gasteiger partial charge in [0.2, 0.25) is 0 Å². The van der Waals surface area contributed by atoms with E-state index >= 15 is 0 Å². The number of halogens is 1. The molecule has 0 spiro atoms. The fourth-order valence-electron chi connectivity index (χ4n) is 2.34. The summed E-state index contributed by atoms with van der Waals surface area (Å²) < 4.78 is 6.00. The topological polar surface area (TPSA) is 48.1 Å². The Bertz CT molecular complexity index is 567. The molecule has 0 aliphatic heterocycles. The number of ether oxygens (including phenoxy) is 1. The second-order valence-corrected chi connectivity index (χ2v) is 5.22. The van der Waals surface area contributed by atoms with E-state index in [1.165, 1.54) is 0 Å². The van der Waals surface area contributed by atoms with E-state index in [0.29, 0.717) is 17.0 Å². The molecule has 1 aliphatic carbocycles. The van der Waals surface area contributed by atoms with Gasteiger partial charge in [0.1, 0.15) is 5.75 Å². The number of nitrogens with zero attached hydrogens (tertiary/aromatic N) is 1. The Hall–Kier alpha value is -1.32. The second kappa shape index (κ2) is 4.75. The summed E-state index contributed by atoms with van der Waals surface area (Å²) in [6.45, 7) is 0.757. The van der Waals surface area contributed by atoms with Crippen molar-refractivity contribution in [1.82, 2.24) is 4.98 Å². The third-order valence-corrected chi connectivity index (χ3v) is 3.72. The van der Waals surface area contributed by atoms with Crippen molar-refractivity contribution in [3.63, 3.8) is 0 Å². The fraction of sp³-hybridized carbons (Fsp3) is 0.357. The molecule has 0 unspecified atom stereocenters. The van der Waals surface area contributed by atoms with Gasteiger partial charge < -0.3 is 10.5 Å². The van der Waals surface area contributed by atoms with Crippen molar-refractivity contribution in [2.45, 2.75) is 18.9 Å². The van der Waals surface area contributed by atoms with Crippen LogP contribution in [-0.2, 0) is 0 Å². The van der Waals surface area contributed by atoms with Crippen LogP contribution < -0.4 is 10.5 Å². The van der Waals surface area contributed by atoms with Crippen LogP contribution in [0.5, 0.6) is 5.75 Å². The normalized spacial score (nSPS) is 22.8. The first-order chi connectivity index (χ1) is 8.76. The van der Waals surface area contributed by atoms with Crippen molar-refractivity contribution in [3.8, 4) is 5.75 Å². The maximum Gasteiger partial charge on any atom is 0.130 e. The molecule has 4 heteroatoms. The van der Waals surface area contributed by atoms with Crippen LogP contribution in [0.4, 0.5) is 0 Å². The molecular formula is C14H15ClN2O. The van der Waals surface area contributed by atoms with Gasteiger partial charge >= 0.3 is 0 Å². The molecule has 18 heavy (non-hydrogen) atoms. The van der Waals surface area contributed by atoms with Crippen LogP contribution in [0.25, 0.3) is 10.9 Å². The molecule has 3 rings (SSSR count). The summed E-state index contributed by atoms with van der Waals surface area (Å²) in [7, 11) is 0. The van der Waals surface area contributed by atoms with Crippen molar-refractivity contribution in [3.05, 3.63) is 35.5 Å². The van der Waals surface area contributed by atoms with Gasteiger partial charge in [-0.1, -0.05) is 11.6 Å². The molecule has 0 bridgehead atoms. The zero-order chi connectivity index (χ0) is 12.5. The Labute approximate surface area is 111 Å². The molecule has 1 fully saturated rings. The summed E-state index contributed by atoms with van der Waals surface area (Å²) in [6, 6.07) is 7.58. The molecule has 1 aromatic heterocycles. The van der Waals surface area contributed by atoms with Crippen molar-refractivity contribution < 1.29 is 4.74 Å². The Morgan fingerprint density at radius 2 is 2.17 bits per heavy atom. The molecule has 94 valence electrons. The minimum absolute atomic E-state index is 0.292. The van der Waals surface area contributed by atoms with Crippen LogP contribution in [0.2, 0.25) is 5.02 Å². The van der Waals surface area contributed by atoms with Gasteiger partial charge in [-0.15, -0.1) is 0 Å². The van der Waals surface area contributed by atoms with E-state index in [1.54, 1.807) is 6.20 Å². The Kier molecular flexibility index (Phi) is 3.10. The molecule has 3 nitrogen and oxygen atoms in total. The van der Waals surface area contributed by atoms with E-state index in [0.717, 1.165) is 36.0 Å². The van der Waals surface area contributed by atoms with Crippen molar-refractivity contribution >= 4 is 22.5 Å². The van der Waals surface area contributed by atoms with Gasteiger partial charge in [0.25, 0.3) is 0 Å². The van der Waals surface area contributed by atoms with Crippen LogP contribution in [0.1, 0.15) is 12.8 Å². The number of hydrogen-bond donors (Lipinski definition) is 1. The lowest BCUT2D eigenvalue weighted by molar-refractivity contribution is 0.0704. The minimum Gasteiger partial charge on any atom is -0.490 e. The van der Waals surface area contributed by atoms with Crippen LogP contribution in [0, 0.1) is 5.92 Å². The quantitative estimate of drug-likeness (QED) is 0.925. The molecule has 0 radical (unpaired) electrons. The molecule has 0 saturated heterocycles.